The zero-order valence-corrected chi connectivity index (χ0v) is 14.2. The average Bonchev–Trinajstić information content (AvgIpc) is 2.59. The first-order chi connectivity index (χ1) is 11.1. The van der Waals surface area contributed by atoms with Crippen molar-refractivity contribution in [2.75, 3.05) is 5.32 Å². The van der Waals surface area contributed by atoms with Crippen molar-refractivity contribution in [1.29, 1.82) is 0 Å². The lowest BCUT2D eigenvalue weighted by Crippen LogP contribution is -2.39. The Morgan fingerprint density at radius 1 is 0.957 bits per heavy atom. The Morgan fingerprint density at radius 2 is 1.57 bits per heavy atom. The molecule has 1 amide bonds. The van der Waals surface area contributed by atoms with Crippen molar-refractivity contribution in [3.05, 3.63) is 65.7 Å². The van der Waals surface area contributed by atoms with Crippen LogP contribution < -0.4 is 10.6 Å². The maximum Gasteiger partial charge on any atom is 0.246 e. The van der Waals surface area contributed by atoms with E-state index in [1.165, 1.54) is 5.56 Å². The van der Waals surface area contributed by atoms with Gasteiger partial charge in [-0.15, -0.1) is 0 Å². The van der Waals surface area contributed by atoms with E-state index >= 15 is 0 Å². The van der Waals surface area contributed by atoms with E-state index in [0.717, 1.165) is 24.1 Å². The Balaban J connectivity index is 2.18. The van der Waals surface area contributed by atoms with Gasteiger partial charge in [-0.2, -0.15) is 0 Å². The first-order valence-electron chi connectivity index (χ1n) is 8.32. The second-order valence-electron chi connectivity index (χ2n) is 5.88. The maximum absolute atomic E-state index is 12.8. The minimum absolute atomic E-state index is 0.0213. The fourth-order valence-corrected chi connectivity index (χ4v) is 2.58. The van der Waals surface area contributed by atoms with Gasteiger partial charge in [-0.3, -0.25) is 10.1 Å². The van der Waals surface area contributed by atoms with Crippen LogP contribution in [0.25, 0.3) is 0 Å². The SMILES string of the molecule is CCC(CC)N[C@H](C(=O)Nc1ccc(C)cc1)c1ccccc1. The van der Waals surface area contributed by atoms with E-state index < -0.39 is 0 Å². The first-order valence-corrected chi connectivity index (χ1v) is 8.32. The number of amides is 1. The van der Waals surface area contributed by atoms with Crippen LogP contribution in [0.2, 0.25) is 0 Å². The van der Waals surface area contributed by atoms with Gasteiger partial charge >= 0.3 is 0 Å². The molecule has 0 fully saturated rings. The summed E-state index contributed by atoms with van der Waals surface area (Å²) in [4.78, 5) is 12.8. The predicted octanol–water partition coefficient (Wildman–Crippen LogP) is 4.45. The lowest BCUT2D eigenvalue weighted by molar-refractivity contribution is -0.118. The molecule has 1 atom stereocenters. The standard InChI is InChI=1S/C20H26N2O/c1-4-17(5-2)21-19(16-9-7-6-8-10-16)20(23)22-18-13-11-15(3)12-14-18/h6-14,17,19,21H,4-5H2,1-3H3,(H,22,23)/t19-/m0/s1. The Labute approximate surface area is 139 Å². The monoisotopic (exact) mass is 310 g/mol. The van der Waals surface area contributed by atoms with E-state index in [-0.39, 0.29) is 11.9 Å². The number of aryl methyl sites for hydroxylation is 1. The molecular weight excluding hydrogens is 284 g/mol. The van der Waals surface area contributed by atoms with Gasteiger partial charge in [-0.25, -0.2) is 0 Å². The summed E-state index contributed by atoms with van der Waals surface area (Å²) in [7, 11) is 0. The lowest BCUT2D eigenvalue weighted by atomic mass is 10.0. The number of hydrogen-bond acceptors (Lipinski definition) is 2. The highest BCUT2D eigenvalue weighted by Crippen LogP contribution is 2.18. The predicted molar refractivity (Wildman–Crippen MR) is 96.5 cm³/mol. The number of carbonyl (C=O) groups is 1. The third-order valence-corrected chi connectivity index (χ3v) is 4.10. The fourth-order valence-electron chi connectivity index (χ4n) is 2.58. The van der Waals surface area contributed by atoms with E-state index in [9.17, 15) is 4.79 Å². The summed E-state index contributed by atoms with van der Waals surface area (Å²) in [5.41, 5.74) is 3.00. The highest BCUT2D eigenvalue weighted by atomic mass is 16.2. The number of hydrogen-bond donors (Lipinski definition) is 2. The maximum atomic E-state index is 12.8. The molecule has 3 heteroatoms. The van der Waals surface area contributed by atoms with Crippen LogP contribution in [0.3, 0.4) is 0 Å². The van der Waals surface area contributed by atoms with E-state index in [4.69, 9.17) is 0 Å². The molecule has 0 unspecified atom stereocenters. The van der Waals surface area contributed by atoms with Crippen LogP contribution in [0, 0.1) is 6.92 Å². The molecule has 0 aliphatic carbocycles. The van der Waals surface area contributed by atoms with Gasteiger partial charge in [0.2, 0.25) is 5.91 Å². The molecule has 0 saturated carbocycles. The third-order valence-electron chi connectivity index (χ3n) is 4.10. The summed E-state index contributed by atoms with van der Waals surface area (Å²) in [6.45, 7) is 6.31. The summed E-state index contributed by atoms with van der Waals surface area (Å²) in [5, 5.41) is 6.51. The van der Waals surface area contributed by atoms with Crippen LogP contribution >= 0.6 is 0 Å². The molecule has 0 spiro atoms. The van der Waals surface area contributed by atoms with Gasteiger partial charge in [-0.05, 0) is 37.5 Å². The Morgan fingerprint density at radius 3 is 2.13 bits per heavy atom. The summed E-state index contributed by atoms with van der Waals surface area (Å²) in [5.74, 6) is -0.0213. The smallest absolute Gasteiger partial charge is 0.246 e. The van der Waals surface area contributed by atoms with Gasteiger partial charge in [0.15, 0.2) is 0 Å². The largest absolute Gasteiger partial charge is 0.324 e. The van der Waals surface area contributed by atoms with E-state index in [1.54, 1.807) is 0 Å². The molecule has 2 aromatic carbocycles. The molecule has 23 heavy (non-hydrogen) atoms. The Bertz CT molecular complexity index is 603. The van der Waals surface area contributed by atoms with Gasteiger partial charge < -0.3 is 5.32 Å². The van der Waals surface area contributed by atoms with Crippen LogP contribution in [0.5, 0.6) is 0 Å². The molecule has 2 N–H and O–H groups in total. The number of carbonyl (C=O) groups excluding carboxylic acids is 1. The van der Waals surface area contributed by atoms with Gasteiger partial charge in [0.05, 0.1) is 0 Å². The summed E-state index contributed by atoms with van der Waals surface area (Å²) in [6, 6.07) is 17.7. The summed E-state index contributed by atoms with van der Waals surface area (Å²) >= 11 is 0. The minimum Gasteiger partial charge on any atom is -0.324 e. The van der Waals surface area contributed by atoms with Crippen LogP contribution in [-0.2, 0) is 4.79 Å². The zero-order chi connectivity index (χ0) is 16.7. The second-order valence-corrected chi connectivity index (χ2v) is 5.88. The summed E-state index contributed by atoms with van der Waals surface area (Å²) in [6.07, 6.45) is 2.00. The van der Waals surface area contributed by atoms with Gasteiger partial charge in [0.25, 0.3) is 0 Å². The van der Waals surface area contributed by atoms with E-state index in [0.29, 0.717) is 6.04 Å². The van der Waals surface area contributed by atoms with Crippen molar-refractivity contribution in [3.8, 4) is 0 Å². The van der Waals surface area contributed by atoms with Crippen molar-refractivity contribution >= 4 is 11.6 Å². The Kier molecular flexibility index (Phi) is 6.36. The van der Waals surface area contributed by atoms with Gasteiger partial charge in [-0.1, -0.05) is 61.9 Å². The number of rotatable bonds is 7. The molecule has 0 aliphatic heterocycles. The molecule has 122 valence electrons. The normalized spacial score (nSPS) is 12.2. The zero-order valence-electron chi connectivity index (χ0n) is 14.2. The van der Waals surface area contributed by atoms with Gasteiger partial charge in [0.1, 0.15) is 6.04 Å². The molecule has 0 aliphatic rings. The molecule has 2 rings (SSSR count). The second kappa shape index (κ2) is 8.49. The van der Waals surface area contributed by atoms with Crippen LogP contribution in [-0.4, -0.2) is 11.9 Å². The number of benzene rings is 2. The van der Waals surface area contributed by atoms with Gasteiger partial charge in [0, 0.05) is 11.7 Å². The number of anilines is 1. The van der Waals surface area contributed by atoms with Crippen molar-refractivity contribution < 1.29 is 4.79 Å². The van der Waals surface area contributed by atoms with E-state index in [1.807, 2.05) is 61.5 Å². The molecule has 0 heterocycles. The van der Waals surface area contributed by atoms with Crippen molar-refractivity contribution in [1.82, 2.24) is 5.32 Å². The van der Waals surface area contributed by atoms with Crippen molar-refractivity contribution in [2.24, 2.45) is 0 Å². The topological polar surface area (TPSA) is 41.1 Å². The minimum atomic E-state index is -0.345. The molecule has 2 aromatic rings. The molecular formula is C20H26N2O. The van der Waals surface area contributed by atoms with Crippen LogP contribution in [0.1, 0.15) is 43.9 Å². The quantitative estimate of drug-likeness (QED) is 0.793. The molecule has 0 aromatic heterocycles. The fraction of sp³-hybridized carbons (Fsp3) is 0.350. The van der Waals surface area contributed by atoms with Crippen molar-refractivity contribution in [3.63, 3.8) is 0 Å². The third kappa shape index (κ3) is 4.93. The van der Waals surface area contributed by atoms with Crippen LogP contribution in [0.4, 0.5) is 5.69 Å². The highest BCUT2D eigenvalue weighted by molar-refractivity contribution is 5.95. The molecule has 3 nitrogen and oxygen atoms in total. The molecule has 0 bridgehead atoms. The first kappa shape index (κ1) is 17.2. The lowest BCUT2D eigenvalue weighted by Gasteiger charge is -2.24. The van der Waals surface area contributed by atoms with E-state index in [2.05, 4.69) is 24.5 Å². The Hall–Kier alpha value is -2.13. The average molecular weight is 310 g/mol. The van der Waals surface area contributed by atoms with Crippen LogP contribution in [0.15, 0.2) is 54.6 Å². The summed E-state index contributed by atoms with van der Waals surface area (Å²) < 4.78 is 0. The molecule has 0 saturated heterocycles. The highest BCUT2D eigenvalue weighted by Gasteiger charge is 2.22. The van der Waals surface area contributed by atoms with Crippen molar-refractivity contribution in [2.45, 2.75) is 45.7 Å². The molecule has 0 radical (unpaired) electrons. The number of nitrogens with one attached hydrogen (secondary N) is 2.